The number of carbonyl (C=O) groups excluding carboxylic acids is 2. The summed E-state index contributed by atoms with van der Waals surface area (Å²) in [7, 11) is 7.81. The molecule has 5 rings (SSSR count). The highest BCUT2D eigenvalue weighted by Gasteiger charge is 2.45. The standard InChI is InChI=1S/C31H34FN3O6/c1-33-29(19-10-11-24(38-2)25(16-19)39-3)28(20-17-26(40-4)27(41-5)18-21(20)30(33)36)31(37)35-14-12-34(13-15-35)23-9-7-6-8-22(23)32/h6-11,16-18,28-29H,12-15H2,1-5H3/t28-,29+/m1/s1. The smallest absolute Gasteiger partial charge is 0.254 e. The molecule has 41 heavy (non-hydrogen) atoms. The van der Waals surface area contributed by atoms with Crippen LogP contribution in [0.2, 0.25) is 0 Å². The van der Waals surface area contributed by atoms with Gasteiger partial charge in [-0.25, -0.2) is 4.39 Å². The Kier molecular flexibility index (Phi) is 7.92. The fourth-order valence-electron chi connectivity index (χ4n) is 5.84. The topological polar surface area (TPSA) is 80.8 Å². The Morgan fingerprint density at radius 1 is 0.805 bits per heavy atom. The fraction of sp³-hybridized carbons (Fsp3) is 0.355. The lowest BCUT2D eigenvalue weighted by Gasteiger charge is -2.43. The minimum Gasteiger partial charge on any atom is -0.493 e. The molecular weight excluding hydrogens is 529 g/mol. The first-order chi connectivity index (χ1) is 19.8. The van der Waals surface area contributed by atoms with Crippen LogP contribution in [0.1, 0.15) is 33.4 Å². The number of halogens is 1. The van der Waals surface area contributed by atoms with Crippen molar-refractivity contribution in [2.24, 2.45) is 0 Å². The van der Waals surface area contributed by atoms with E-state index >= 15 is 0 Å². The fourth-order valence-corrected chi connectivity index (χ4v) is 5.84. The molecule has 3 aromatic rings. The van der Waals surface area contributed by atoms with E-state index in [-0.39, 0.29) is 17.6 Å². The van der Waals surface area contributed by atoms with Crippen molar-refractivity contribution < 1.29 is 32.9 Å². The monoisotopic (exact) mass is 563 g/mol. The van der Waals surface area contributed by atoms with Crippen LogP contribution in [0.4, 0.5) is 10.1 Å². The van der Waals surface area contributed by atoms with Crippen LogP contribution in [0.25, 0.3) is 0 Å². The molecule has 9 nitrogen and oxygen atoms in total. The Hall–Kier alpha value is -4.47. The second-order valence-corrected chi connectivity index (χ2v) is 10.0. The van der Waals surface area contributed by atoms with Crippen LogP contribution in [-0.4, -0.2) is 83.3 Å². The van der Waals surface area contributed by atoms with E-state index < -0.39 is 12.0 Å². The number of fused-ring (bicyclic) bond motifs is 1. The zero-order chi connectivity index (χ0) is 29.3. The van der Waals surface area contributed by atoms with Crippen molar-refractivity contribution in [3.8, 4) is 23.0 Å². The van der Waals surface area contributed by atoms with Gasteiger partial charge < -0.3 is 33.6 Å². The number of benzene rings is 3. The van der Waals surface area contributed by atoms with E-state index in [0.29, 0.717) is 66.0 Å². The largest absolute Gasteiger partial charge is 0.493 e. The Morgan fingerprint density at radius 2 is 1.41 bits per heavy atom. The van der Waals surface area contributed by atoms with Crippen LogP contribution < -0.4 is 23.8 Å². The average Bonchev–Trinajstić information content (AvgIpc) is 3.01. The van der Waals surface area contributed by atoms with Gasteiger partial charge in [0.25, 0.3) is 5.91 Å². The Balaban J connectivity index is 1.56. The molecule has 216 valence electrons. The lowest BCUT2D eigenvalue weighted by atomic mass is 9.78. The van der Waals surface area contributed by atoms with Gasteiger partial charge in [-0.1, -0.05) is 18.2 Å². The number of anilines is 1. The van der Waals surface area contributed by atoms with E-state index in [9.17, 15) is 14.0 Å². The molecule has 0 spiro atoms. The van der Waals surface area contributed by atoms with Gasteiger partial charge in [0.05, 0.1) is 46.1 Å². The predicted octanol–water partition coefficient (Wildman–Crippen LogP) is 4.12. The van der Waals surface area contributed by atoms with E-state index in [1.807, 2.05) is 11.0 Å². The van der Waals surface area contributed by atoms with Crippen molar-refractivity contribution in [3.05, 3.63) is 77.1 Å². The van der Waals surface area contributed by atoms with Gasteiger partial charge in [0, 0.05) is 38.8 Å². The second-order valence-electron chi connectivity index (χ2n) is 10.0. The number of nitrogens with zero attached hydrogens (tertiary/aromatic N) is 3. The molecule has 2 heterocycles. The van der Waals surface area contributed by atoms with E-state index in [1.54, 1.807) is 73.5 Å². The van der Waals surface area contributed by atoms with Crippen molar-refractivity contribution >= 4 is 17.5 Å². The molecule has 0 aromatic heterocycles. The van der Waals surface area contributed by atoms with Gasteiger partial charge >= 0.3 is 0 Å². The molecule has 1 saturated heterocycles. The van der Waals surface area contributed by atoms with E-state index in [2.05, 4.69) is 0 Å². The van der Waals surface area contributed by atoms with Gasteiger partial charge in [0.15, 0.2) is 23.0 Å². The molecule has 0 N–H and O–H groups in total. The lowest BCUT2D eigenvalue weighted by molar-refractivity contribution is -0.134. The van der Waals surface area contributed by atoms with Crippen molar-refractivity contribution in [2.75, 3.05) is 66.6 Å². The normalized spacial score (nSPS) is 18.6. The molecule has 0 unspecified atom stereocenters. The highest BCUT2D eigenvalue weighted by atomic mass is 19.1. The number of hydrogen-bond donors (Lipinski definition) is 0. The number of hydrogen-bond acceptors (Lipinski definition) is 7. The predicted molar refractivity (Wildman–Crippen MR) is 152 cm³/mol. The SMILES string of the molecule is COc1ccc([C@H]2[C@H](C(=O)N3CCN(c4ccccc4F)CC3)c3cc(OC)c(OC)cc3C(=O)N2C)cc1OC. The van der Waals surface area contributed by atoms with Crippen molar-refractivity contribution in [2.45, 2.75) is 12.0 Å². The first-order valence-corrected chi connectivity index (χ1v) is 13.4. The van der Waals surface area contributed by atoms with Crippen LogP contribution >= 0.6 is 0 Å². The summed E-state index contributed by atoms with van der Waals surface area (Å²) < 4.78 is 36.5. The molecule has 10 heteroatoms. The second kappa shape index (κ2) is 11.6. The maximum absolute atomic E-state index is 14.5. The van der Waals surface area contributed by atoms with Gasteiger partial charge in [-0.15, -0.1) is 0 Å². The quantitative estimate of drug-likeness (QED) is 0.428. The number of rotatable bonds is 7. The summed E-state index contributed by atoms with van der Waals surface area (Å²) in [6.45, 7) is 1.77. The number of likely N-dealkylation sites (N-methyl/N-ethyl adjacent to an activating group) is 1. The summed E-state index contributed by atoms with van der Waals surface area (Å²) in [4.78, 5) is 33.5. The molecule has 0 bridgehead atoms. The summed E-state index contributed by atoms with van der Waals surface area (Å²) >= 11 is 0. The Labute approximate surface area is 239 Å². The third-order valence-electron chi connectivity index (χ3n) is 7.97. The third-order valence-corrected chi connectivity index (χ3v) is 7.97. The first kappa shape index (κ1) is 28.1. The molecule has 0 aliphatic carbocycles. The lowest BCUT2D eigenvalue weighted by Crippen LogP contribution is -2.53. The van der Waals surface area contributed by atoms with Crippen molar-refractivity contribution in [1.29, 1.82) is 0 Å². The summed E-state index contributed by atoms with van der Waals surface area (Å²) in [5.41, 5.74) is 2.19. The zero-order valence-electron chi connectivity index (χ0n) is 23.8. The molecule has 0 saturated carbocycles. The molecule has 2 atom stereocenters. The van der Waals surface area contributed by atoms with Crippen LogP contribution in [0.5, 0.6) is 23.0 Å². The zero-order valence-corrected chi connectivity index (χ0v) is 23.8. The highest BCUT2D eigenvalue weighted by Crippen LogP contribution is 2.47. The number of para-hydroxylation sites is 1. The van der Waals surface area contributed by atoms with Crippen molar-refractivity contribution in [1.82, 2.24) is 9.80 Å². The van der Waals surface area contributed by atoms with Gasteiger partial charge in [-0.2, -0.15) is 0 Å². The third kappa shape index (κ3) is 4.98. The molecular formula is C31H34FN3O6. The average molecular weight is 564 g/mol. The van der Waals surface area contributed by atoms with Gasteiger partial charge in [-0.3, -0.25) is 9.59 Å². The minimum absolute atomic E-state index is 0.134. The Morgan fingerprint density at radius 3 is 2.05 bits per heavy atom. The number of methoxy groups -OCH3 is 4. The number of ether oxygens (including phenoxy) is 4. The van der Waals surface area contributed by atoms with E-state index in [0.717, 1.165) is 5.56 Å². The molecule has 3 aromatic carbocycles. The molecule has 2 amide bonds. The van der Waals surface area contributed by atoms with Crippen LogP contribution in [0.15, 0.2) is 54.6 Å². The van der Waals surface area contributed by atoms with Gasteiger partial charge in [0.1, 0.15) is 5.82 Å². The van der Waals surface area contributed by atoms with Crippen molar-refractivity contribution in [3.63, 3.8) is 0 Å². The number of carbonyl (C=O) groups is 2. The molecule has 0 radical (unpaired) electrons. The maximum Gasteiger partial charge on any atom is 0.254 e. The molecule has 1 fully saturated rings. The first-order valence-electron chi connectivity index (χ1n) is 13.4. The molecule has 2 aliphatic rings. The van der Waals surface area contributed by atoms with E-state index in [4.69, 9.17) is 18.9 Å². The Bertz CT molecular complexity index is 1460. The van der Waals surface area contributed by atoms with Crippen LogP contribution in [-0.2, 0) is 4.79 Å². The maximum atomic E-state index is 14.5. The molecule has 2 aliphatic heterocycles. The summed E-state index contributed by atoms with van der Waals surface area (Å²) in [5.74, 6) is 0.460. The van der Waals surface area contributed by atoms with Crippen LogP contribution in [0.3, 0.4) is 0 Å². The van der Waals surface area contributed by atoms with Crippen LogP contribution in [0, 0.1) is 5.82 Å². The van der Waals surface area contributed by atoms with Gasteiger partial charge in [-0.05, 0) is 47.5 Å². The summed E-state index contributed by atoms with van der Waals surface area (Å²) in [6.07, 6.45) is 0. The number of piperazine rings is 1. The van der Waals surface area contributed by atoms with Gasteiger partial charge in [0.2, 0.25) is 5.91 Å². The summed E-state index contributed by atoms with van der Waals surface area (Å²) in [6, 6.07) is 14.8. The van der Waals surface area contributed by atoms with E-state index in [1.165, 1.54) is 20.3 Å². The minimum atomic E-state index is -0.745. The highest BCUT2D eigenvalue weighted by molar-refractivity contribution is 6.02. The summed E-state index contributed by atoms with van der Waals surface area (Å²) in [5, 5.41) is 0. The number of amides is 2.